The van der Waals surface area contributed by atoms with Crippen LogP contribution >= 0.6 is 11.8 Å². The van der Waals surface area contributed by atoms with Gasteiger partial charge in [-0.25, -0.2) is 0 Å². The first-order valence-electron chi connectivity index (χ1n) is 6.02. The van der Waals surface area contributed by atoms with Crippen molar-refractivity contribution in [3.05, 3.63) is 29.3 Å². The molecule has 1 unspecified atom stereocenters. The van der Waals surface area contributed by atoms with Gasteiger partial charge in [0.2, 0.25) is 0 Å². The minimum absolute atomic E-state index is 0.186. The molecule has 3 nitrogen and oxygen atoms in total. The topological polar surface area (TPSA) is 58.6 Å². The fraction of sp³-hybridized carbons (Fsp3) is 0.462. The summed E-state index contributed by atoms with van der Waals surface area (Å²) in [6, 6.07) is 3.82. The highest BCUT2D eigenvalue weighted by molar-refractivity contribution is 8.00. The molecule has 0 aliphatic heterocycles. The lowest BCUT2D eigenvalue weighted by atomic mass is 10.1. The second-order valence-corrected chi connectivity index (χ2v) is 6.21. The summed E-state index contributed by atoms with van der Waals surface area (Å²) in [5.41, 5.74) is 4.07. The number of amidine groups is 1. The SMILES string of the molecule is CC(C)C(C)Sc1ccc(/C(N)=N/O)c(C(F)(F)F)c1. The average molecular weight is 306 g/mol. The Morgan fingerprint density at radius 2 is 1.90 bits per heavy atom. The highest BCUT2D eigenvalue weighted by Crippen LogP contribution is 2.36. The highest BCUT2D eigenvalue weighted by Gasteiger charge is 2.34. The summed E-state index contributed by atoms with van der Waals surface area (Å²) in [5.74, 6) is -0.205. The van der Waals surface area contributed by atoms with Crippen LogP contribution < -0.4 is 5.73 Å². The average Bonchev–Trinajstić information content (AvgIpc) is 2.36. The molecule has 112 valence electrons. The van der Waals surface area contributed by atoms with E-state index in [0.29, 0.717) is 10.8 Å². The maximum atomic E-state index is 13.0. The van der Waals surface area contributed by atoms with Crippen LogP contribution in [0.4, 0.5) is 13.2 Å². The number of halogens is 3. The molecule has 20 heavy (non-hydrogen) atoms. The number of rotatable bonds is 4. The van der Waals surface area contributed by atoms with E-state index >= 15 is 0 Å². The first kappa shape index (κ1) is 16.7. The monoisotopic (exact) mass is 306 g/mol. The number of nitrogens with two attached hydrogens (primary N) is 1. The van der Waals surface area contributed by atoms with Gasteiger partial charge in [0.1, 0.15) is 0 Å². The molecule has 0 aliphatic carbocycles. The van der Waals surface area contributed by atoms with Gasteiger partial charge >= 0.3 is 6.18 Å². The Labute approximate surface area is 120 Å². The Morgan fingerprint density at radius 1 is 1.30 bits per heavy atom. The van der Waals surface area contributed by atoms with E-state index < -0.39 is 17.6 Å². The Balaban J connectivity index is 3.22. The van der Waals surface area contributed by atoms with Crippen LogP contribution in [-0.4, -0.2) is 16.3 Å². The van der Waals surface area contributed by atoms with E-state index in [2.05, 4.69) is 5.16 Å². The zero-order valence-corrected chi connectivity index (χ0v) is 12.2. The third-order valence-corrected chi connectivity index (χ3v) is 4.38. The van der Waals surface area contributed by atoms with Crippen molar-refractivity contribution in [1.82, 2.24) is 0 Å². The van der Waals surface area contributed by atoms with E-state index in [1.165, 1.54) is 17.8 Å². The molecule has 0 bridgehead atoms. The van der Waals surface area contributed by atoms with Gasteiger partial charge in [-0.2, -0.15) is 13.2 Å². The maximum absolute atomic E-state index is 13.0. The lowest BCUT2D eigenvalue weighted by Crippen LogP contribution is -2.20. The second kappa shape index (κ2) is 6.39. The van der Waals surface area contributed by atoms with Gasteiger partial charge in [0.15, 0.2) is 5.84 Å². The van der Waals surface area contributed by atoms with E-state index in [-0.39, 0.29) is 10.8 Å². The quantitative estimate of drug-likeness (QED) is 0.291. The Morgan fingerprint density at radius 3 is 2.35 bits per heavy atom. The van der Waals surface area contributed by atoms with Crippen molar-refractivity contribution in [2.45, 2.75) is 37.1 Å². The number of benzene rings is 1. The van der Waals surface area contributed by atoms with Gasteiger partial charge in [0.25, 0.3) is 0 Å². The fourth-order valence-corrected chi connectivity index (χ4v) is 2.49. The van der Waals surface area contributed by atoms with E-state index in [4.69, 9.17) is 10.9 Å². The fourth-order valence-electron chi connectivity index (χ4n) is 1.46. The van der Waals surface area contributed by atoms with Crippen molar-refractivity contribution in [1.29, 1.82) is 0 Å². The number of nitrogens with zero attached hydrogens (tertiary/aromatic N) is 1. The summed E-state index contributed by atoms with van der Waals surface area (Å²) in [6.07, 6.45) is -4.55. The van der Waals surface area contributed by atoms with Gasteiger partial charge in [-0.15, -0.1) is 11.8 Å². The number of oxime groups is 1. The molecule has 0 amide bonds. The summed E-state index contributed by atoms with van der Waals surface area (Å²) in [4.78, 5) is 0.507. The number of hydrogen-bond acceptors (Lipinski definition) is 3. The van der Waals surface area contributed by atoms with Gasteiger partial charge in [-0.1, -0.05) is 25.9 Å². The Bertz CT molecular complexity index is 501. The first-order chi connectivity index (χ1) is 9.16. The van der Waals surface area contributed by atoms with E-state index in [1.807, 2.05) is 20.8 Å². The zero-order valence-electron chi connectivity index (χ0n) is 11.4. The molecule has 0 aliphatic rings. The molecule has 0 fully saturated rings. The maximum Gasteiger partial charge on any atom is 0.417 e. The minimum atomic E-state index is -4.55. The van der Waals surface area contributed by atoms with Crippen molar-refractivity contribution >= 4 is 17.6 Å². The Hall–Kier alpha value is -1.37. The number of hydrogen-bond donors (Lipinski definition) is 2. The van der Waals surface area contributed by atoms with E-state index in [0.717, 1.165) is 6.07 Å². The zero-order chi connectivity index (χ0) is 15.5. The van der Waals surface area contributed by atoms with E-state index in [9.17, 15) is 13.2 Å². The van der Waals surface area contributed by atoms with Crippen LogP contribution in [0.3, 0.4) is 0 Å². The molecule has 0 saturated heterocycles. The normalized spacial score (nSPS) is 14.7. The van der Waals surface area contributed by atoms with Crippen molar-refractivity contribution in [3.8, 4) is 0 Å². The molecule has 3 N–H and O–H groups in total. The van der Waals surface area contributed by atoms with Crippen molar-refractivity contribution < 1.29 is 18.4 Å². The third-order valence-electron chi connectivity index (χ3n) is 2.94. The molecule has 0 heterocycles. The summed E-state index contributed by atoms with van der Waals surface area (Å²) in [7, 11) is 0. The molecule has 0 aromatic heterocycles. The smallest absolute Gasteiger partial charge is 0.409 e. The predicted octanol–water partition coefficient (Wildman–Crippen LogP) is 3.94. The molecule has 7 heteroatoms. The van der Waals surface area contributed by atoms with Crippen LogP contribution in [0.15, 0.2) is 28.3 Å². The predicted molar refractivity (Wildman–Crippen MR) is 74.1 cm³/mol. The van der Waals surface area contributed by atoms with Gasteiger partial charge < -0.3 is 10.9 Å². The molecular formula is C13H17F3N2OS. The van der Waals surface area contributed by atoms with Crippen molar-refractivity contribution in [2.75, 3.05) is 0 Å². The molecular weight excluding hydrogens is 289 g/mol. The number of thioether (sulfide) groups is 1. The molecule has 0 radical (unpaired) electrons. The molecule has 0 saturated carbocycles. The van der Waals surface area contributed by atoms with Crippen LogP contribution in [0.1, 0.15) is 31.9 Å². The summed E-state index contributed by atoms with van der Waals surface area (Å²) < 4.78 is 39.1. The summed E-state index contributed by atoms with van der Waals surface area (Å²) in [6.45, 7) is 5.97. The van der Waals surface area contributed by atoms with Crippen LogP contribution in [-0.2, 0) is 6.18 Å². The van der Waals surface area contributed by atoms with Gasteiger partial charge in [-0.3, -0.25) is 0 Å². The molecule has 1 rings (SSSR count). The lowest BCUT2D eigenvalue weighted by molar-refractivity contribution is -0.137. The van der Waals surface area contributed by atoms with Crippen LogP contribution in [0, 0.1) is 5.92 Å². The lowest BCUT2D eigenvalue weighted by Gasteiger charge is -2.17. The third kappa shape index (κ3) is 4.06. The largest absolute Gasteiger partial charge is 0.417 e. The summed E-state index contributed by atoms with van der Waals surface area (Å²) >= 11 is 1.37. The minimum Gasteiger partial charge on any atom is -0.409 e. The van der Waals surface area contributed by atoms with E-state index in [1.54, 1.807) is 6.07 Å². The van der Waals surface area contributed by atoms with Gasteiger partial charge in [-0.05, 0) is 24.1 Å². The van der Waals surface area contributed by atoms with Gasteiger partial charge in [0, 0.05) is 15.7 Å². The summed E-state index contributed by atoms with van der Waals surface area (Å²) in [5, 5.41) is 11.4. The standard InChI is InChI=1S/C13H17F3N2OS/c1-7(2)8(3)20-9-4-5-10(12(17)18-19)11(6-9)13(14,15)16/h4-8,19H,1-3H3,(H2,17,18). The molecule has 1 aromatic rings. The molecule has 1 atom stereocenters. The van der Waals surface area contributed by atoms with Crippen molar-refractivity contribution in [2.24, 2.45) is 16.8 Å². The molecule has 0 spiro atoms. The van der Waals surface area contributed by atoms with Crippen molar-refractivity contribution in [3.63, 3.8) is 0 Å². The van der Waals surface area contributed by atoms with Crippen LogP contribution in [0.5, 0.6) is 0 Å². The number of alkyl halides is 3. The van der Waals surface area contributed by atoms with Crippen LogP contribution in [0.2, 0.25) is 0 Å². The second-order valence-electron chi connectivity index (χ2n) is 4.76. The first-order valence-corrected chi connectivity index (χ1v) is 6.90. The van der Waals surface area contributed by atoms with Gasteiger partial charge in [0.05, 0.1) is 5.56 Å². The Kier molecular flexibility index (Phi) is 5.33. The highest BCUT2D eigenvalue weighted by atomic mass is 32.2. The molecule has 1 aromatic carbocycles. The van der Waals surface area contributed by atoms with Crippen LogP contribution in [0.25, 0.3) is 0 Å².